The van der Waals surface area contributed by atoms with Crippen molar-refractivity contribution in [2.24, 2.45) is 0 Å². The lowest BCUT2D eigenvalue weighted by Gasteiger charge is -2.33. The largest absolute Gasteiger partial charge is 0.497 e. The maximum Gasteiger partial charge on any atom is 0.264 e. The predicted octanol–water partition coefficient (Wildman–Crippen LogP) is 4.11. The van der Waals surface area contributed by atoms with Gasteiger partial charge in [-0.3, -0.25) is 13.9 Å². The van der Waals surface area contributed by atoms with E-state index in [0.717, 1.165) is 16.4 Å². The minimum atomic E-state index is -4.30. The van der Waals surface area contributed by atoms with E-state index >= 15 is 0 Å². The Morgan fingerprint density at radius 2 is 1.46 bits per heavy atom. The summed E-state index contributed by atoms with van der Waals surface area (Å²) < 4.78 is 60.7. The van der Waals surface area contributed by atoms with Crippen LogP contribution in [0.25, 0.3) is 0 Å². The highest BCUT2D eigenvalue weighted by Crippen LogP contribution is 2.26. The predicted molar refractivity (Wildman–Crippen MR) is 144 cm³/mol. The van der Waals surface area contributed by atoms with Gasteiger partial charge in [0.1, 0.15) is 30.0 Å². The molecule has 11 heteroatoms. The number of sulfonamides is 1. The number of hydrogen-bond donors (Lipinski definition) is 1. The quantitative estimate of drug-likeness (QED) is 0.360. The van der Waals surface area contributed by atoms with E-state index < -0.39 is 46.1 Å². The zero-order valence-electron chi connectivity index (χ0n) is 21.9. The molecule has 8 nitrogen and oxygen atoms in total. The maximum absolute atomic E-state index is 13.8. The molecule has 1 N–H and O–H groups in total. The van der Waals surface area contributed by atoms with Gasteiger partial charge in [-0.05, 0) is 79.6 Å². The van der Waals surface area contributed by atoms with Crippen LogP contribution >= 0.6 is 0 Å². The number of nitrogens with zero attached hydrogens (tertiary/aromatic N) is 2. The number of methoxy groups -OCH3 is 1. The summed E-state index contributed by atoms with van der Waals surface area (Å²) >= 11 is 0. The topological polar surface area (TPSA) is 96.0 Å². The number of benzene rings is 3. The van der Waals surface area contributed by atoms with Crippen LogP contribution in [0.2, 0.25) is 0 Å². The molecule has 0 aliphatic rings. The van der Waals surface area contributed by atoms with Gasteiger partial charge >= 0.3 is 0 Å². The molecule has 0 aliphatic heterocycles. The average Bonchev–Trinajstić information content (AvgIpc) is 2.93. The minimum absolute atomic E-state index is 0.0609. The summed E-state index contributed by atoms with van der Waals surface area (Å²) in [5, 5.41) is 2.71. The van der Waals surface area contributed by atoms with Crippen molar-refractivity contribution in [2.75, 3.05) is 24.5 Å². The number of amides is 2. The molecule has 2 amide bonds. The molecule has 3 aromatic rings. The number of likely N-dealkylation sites (N-methyl/N-ethyl adjacent to an activating group) is 1. The number of ether oxygens (including phenoxy) is 1. The Morgan fingerprint density at radius 1 is 0.897 bits per heavy atom. The SMILES string of the molecule is CCNC(=O)[C@H](CC)N(Cc1ccc(F)cc1)C(=O)CN(c1ccc(F)cc1)S(=O)(=O)c1ccc(OC)cc1. The zero-order chi connectivity index (χ0) is 28.6. The molecule has 208 valence electrons. The molecule has 39 heavy (non-hydrogen) atoms. The summed E-state index contributed by atoms with van der Waals surface area (Å²) in [4.78, 5) is 27.9. The van der Waals surface area contributed by atoms with E-state index in [1.165, 1.54) is 72.7 Å². The van der Waals surface area contributed by atoms with E-state index in [1.54, 1.807) is 13.8 Å². The van der Waals surface area contributed by atoms with Gasteiger partial charge in [0.05, 0.1) is 17.7 Å². The van der Waals surface area contributed by atoms with Gasteiger partial charge in [-0.25, -0.2) is 17.2 Å². The second-order valence-electron chi connectivity index (χ2n) is 8.63. The third-order valence-corrected chi connectivity index (χ3v) is 7.83. The van der Waals surface area contributed by atoms with Crippen molar-refractivity contribution >= 4 is 27.5 Å². The lowest BCUT2D eigenvalue weighted by Crippen LogP contribution is -2.52. The van der Waals surface area contributed by atoms with Gasteiger partial charge < -0.3 is 15.0 Å². The number of halogens is 2. The van der Waals surface area contributed by atoms with Crippen molar-refractivity contribution in [3.8, 4) is 5.75 Å². The van der Waals surface area contributed by atoms with E-state index in [9.17, 15) is 26.8 Å². The molecule has 0 saturated carbocycles. The minimum Gasteiger partial charge on any atom is -0.497 e. The van der Waals surface area contributed by atoms with Crippen LogP contribution in [0, 0.1) is 11.6 Å². The van der Waals surface area contributed by atoms with Crippen LogP contribution in [0.4, 0.5) is 14.5 Å². The summed E-state index contributed by atoms with van der Waals surface area (Å²) in [7, 11) is -2.86. The summed E-state index contributed by atoms with van der Waals surface area (Å²) in [6, 6.07) is 14.9. The molecule has 1 atom stereocenters. The van der Waals surface area contributed by atoms with Crippen molar-refractivity contribution in [1.82, 2.24) is 10.2 Å². The highest BCUT2D eigenvalue weighted by Gasteiger charge is 2.33. The first-order chi connectivity index (χ1) is 18.6. The Labute approximate surface area is 227 Å². The van der Waals surface area contributed by atoms with Crippen LogP contribution in [0.3, 0.4) is 0 Å². The van der Waals surface area contributed by atoms with Crippen LogP contribution in [-0.2, 0) is 26.2 Å². The van der Waals surface area contributed by atoms with Crippen LogP contribution in [0.1, 0.15) is 25.8 Å². The smallest absolute Gasteiger partial charge is 0.264 e. The standard InChI is InChI=1S/C28H31F2N3O5S/c1-4-26(28(35)31-5-2)32(18-20-6-8-21(29)9-7-20)27(34)19-33(23-12-10-22(30)11-13-23)39(36,37)25-16-14-24(38-3)15-17-25/h6-17,26H,4-5,18-19H2,1-3H3,(H,31,35)/t26-/m0/s1. The summed E-state index contributed by atoms with van der Waals surface area (Å²) in [6.07, 6.45) is 0.251. The number of nitrogens with one attached hydrogen (secondary N) is 1. The Hall–Kier alpha value is -3.99. The van der Waals surface area contributed by atoms with Crippen molar-refractivity contribution in [3.05, 3.63) is 90.0 Å². The molecule has 0 unspecified atom stereocenters. The third kappa shape index (κ3) is 7.32. The molecule has 0 aromatic heterocycles. The van der Waals surface area contributed by atoms with E-state index in [1.807, 2.05) is 0 Å². The molecule has 0 fully saturated rings. The first-order valence-electron chi connectivity index (χ1n) is 12.3. The normalized spacial score (nSPS) is 11.9. The Bertz CT molecular complexity index is 1370. The Balaban J connectivity index is 2.04. The average molecular weight is 560 g/mol. The molecule has 0 bridgehead atoms. The maximum atomic E-state index is 13.8. The lowest BCUT2D eigenvalue weighted by atomic mass is 10.1. The van der Waals surface area contributed by atoms with Crippen LogP contribution in [0.5, 0.6) is 5.75 Å². The fourth-order valence-electron chi connectivity index (χ4n) is 4.01. The number of anilines is 1. The highest BCUT2D eigenvalue weighted by atomic mass is 32.2. The molecule has 0 heterocycles. The van der Waals surface area contributed by atoms with Gasteiger partial charge in [-0.15, -0.1) is 0 Å². The lowest BCUT2D eigenvalue weighted by molar-refractivity contribution is -0.140. The van der Waals surface area contributed by atoms with E-state index in [4.69, 9.17) is 4.74 Å². The van der Waals surface area contributed by atoms with Gasteiger partial charge in [0.15, 0.2) is 0 Å². The van der Waals surface area contributed by atoms with Crippen LogP contribution in [0.15, 0.2) is 77.7 Å². The van der Waals surface area contributed by atoms with E-state index in [0.29, 0.717) is 17.9 Å². The fraction of sp³-hybridized carbons (Fsp3) is 0.286. The molecule has 0 spiro atoms. The van der Waals surface area contributed by atoms with E-state index in [-0.39, 0.29) is 23.5 Å². The molecule has 0 aliphatic carbocycles. The fourth-order valence-corrected chi connectivity index (χ4v) is 5.42. The molecule has 0 saturated heterocycles. The summed E-state index contributed by atoms with van der Waals surface area (Å²) in [6.45, 7) is 3.08. The molecular weight excluding hydrogens is 528 g/mol. The molecule has 3 aromatic carbocycles. The first-order valence-corrected chi connectivity index (χ1v) is 13.8. The molecule has 3 rings (SSSR count). The van der Waals surface area contributed by atoms with E-state index in [2.05, 4.69) is 5.32 Å². The zero-order valence-corrected chi connectivity index (χ0v) is 22.8. The second kappa shape index (κ2) is 13.2. The van der Waals surface area contributed by atoms with Gasteiger partial charge in [-0.1, -0.05) is 19.1 Å². The molecule has 0 radical (unpaired) electrons. The van der Waals surface area contributed by atoms with Crippen molar-refractivity contribution in [1.29, 1.82) is 0 Å². The number of carbonyl (C=O) groups excluding carboxylic acids is 2. The number of rotatable bonds is 12. The summed E-state index contributed by atoms with van der Waals surface area (Å²) in [5.41, 5.74) is 0.618. The highest BCUT2D eigenvalue weighted by molar-refractivity contribution is 7.92. The number of carbonyl (C=O) groups is 2. The number of hydrogen-bond acceptors (Lipinski definition) is 5. The van der Waals surface area contributed by atoms with Gasteiger partial charge in [0.2, 0.25) is 11.8 Å². The van der Waals surface area contributed by atoms with Crippen molar-refractivity contribution in [3.63, 3.8) is 0 Å². The second-order valence-corrected chi connectivity index (χ2v) is 10.5. The van der Waals surface area contributed by atoms with Crippen LogP contribution < -0.4 is 14.4 Å². The molecular formula is C28H31F2N3O5S. The Morgan fingerprint density at radius 3 is 1.97 bits per heavy atom. The monoisotopic (exact) mass is 559 g/mol. The van der Waals surface area contributed by atoms with Gasteiger partial charge in [0, 0.05) is 13.1 Å². The van der Waals surface area contributed by atoms with Crippen LogP contribution in [-0.4, -0.2) is 51.4 Å². The third-order valence-electron chi connectivity index (χ3n) is 6.04. The first kappa shape index (κ1) is 29.6. The Kier molecular flexibility index (Phi) is 10.00. The summed E-state index contributed by atoms with van der Waals surface area (Å²) in [5.74, 6) is -1.66. The van der Waals surface area contributed by atoms with Gasteiger partial charge in [0.25, 0.3) is 10.0 Å². The van der Waals surface area contributed by atoms with Crippen molar-refractivity contribution in [2.45, 2.75) is 37.8 Å². The van der Waals surface area contributed by atoms with Crippen molar-refractivity contribution < 1.29 is 31.5 Å². The van der Waals surface area contributed by atoms with Gasteiger partial charge in [-0.2, -0.15) is 0 Å².